The van der Waals surface area contributed by atoms with Crippen molar-refractivity contribution < 1.29 is 13.2 Å². The number of amides is 1. The van der Waals surface area contributed by atoms with Gasteiger partial charge in [-0.05, 0) is 25.0 Å². The lowest BCUT2D eigenvalue weighted by Crippen LogP contribution is -2.37. The van der Waals surface area contributed by atoms with Crippen molar-refractivity contribution >= 4 is 21.6 Å². The van der Waals surface area contributed by atoms with Gasteiger partial charge in [0.05, 0.1) is 12.2 Å². The van der Waals surface area contributed by atoms with Crippen LogP contribution in [-0.2, 0) is 14.8 Å². The molecule has 1 aliphatic rings. The highest BCUT2D eigenvalue weighted by molar-refractivity contribution is 7.89. The van der Waals surface area contributed by atoms with E-state index in [4.69, 9.17) is 0 Å². The number of hydrogen-bond donors (Lipinski definition) is 2. The standard InChI is InChI=1S/C14H21N3O3S/c1-2-8-15-12-6-3-4-7-13(12)21(19,20)17-10-5-9-16-14(18)11-17/h3-4,6-7,15H,2,5,8-11H2,1H3,(H,16,18). The summed E-state index contributed by atoms with van der Waals surface area (Å²) in [5, 5.41) is 5.81. The maximum Gasteiger partial charge on any atom is 0.245 e. The molecule has 2 N–H and O–H groups in total. The van der Waals surface area contributed by atoms with Crippen LogP contribution in [0.5, 0.6) is 0 Å². The van der Waals surface area contributed by atoms with Crippen LogP contribution in [0.25, 0.3) is 0 Å². The predicted molar refractivity (Wildman–Crippen MR) is 81.6 cm³/mol. The Morgan fingerprint density at radius 3 is 2.86 bits per heavy atom. The second kappa shape index (κ2) is 6.91. The van der Waals surface area contributed by atoms with E-state index in [1.807, 2.05) is 6.92 Å². The van der Waals surface area contributed by atoms with Crippen molar-refractivity contribution in [3.8, 4) is 0 Å². The molecule has 0 radical (unpaired) electrons. The topological polar surface area (TPSA) is 78.5 Å². The van der Waals surface area contributed by atoms with Crippen LogP contribution >= 0.6 is 0 Å². The molecule has 0 aromatic heterocycles. The number of para-hydroxylation sites is 1. The molecule has 0 bridgehead atoms. The molecular formula is C14H21N3O3S. The Balaban J connectivity index is 2.32. The number of carbonyl (C=O) groups is 1. The maximum atomic E-state index is 12.8. The first-order chi connectivity index (χ1) is 10.1. The Morgan fingerprint density at radius 2 is 2.10 bits per heavy atom. The molecule has 7 heteroatoms. The summed E-state index contributed by atoms with van der Waals surface area (Å²) in [7, 11) is -3.67. The molecule has 0 spiro atoms. The van der Waals surface area contributed by atoms with Crippen LogP contribution in [0.3, 0.4) is 0 Å². The largest absolute Gasteiger partial charge is 0.384 e. The molecule has 116 valence electrons. The zero-order valence-electron chi connectivity index (χ0n) is 12.1. The first-order valence-corrected chi connectivity index (χ1v) is 8.59. The number of benzene rings is 1. The van der Waals surface area contributed by atoms with Gasteiger partial charge < -0.3 is 10.6 Å². The van der Waals surface area contributed by atoms with Gasteiger partial charge in [0.15, 0.2) is 0 Å². The summed E-state index contributed by atoms with van der Waals surface area (Å²) >= 11 is 0. The number of sulfonamides is 1. The normalized spacial score (nSPS) is 17.1. The van der Waals surface area contributed by atoms with E-state index in [0.29, 0.717) is 31.7 Å². The minimum Gasteiger partial charge on any atom is -0.384 e. The molecule has 1 aromatic carbocycles. The second-order valence-electron chi connectivity index (χ2n) is 4.97. The molecule has 2 rings (SSSR count). The summed E-state index contributed by atoms with van der Waals surface area (Å²) in [6, 6.07) is 6.82. The van der Waals surface area contributed by atoms with E-state index in [-0.39, 0.29) is 17.3 Å². The first-order valence-electron chi connectivity index (χ1n) is 7.15. The number of carbonyl (C=O) groups excluding carboxylic acids is 1. The fourth-order valence-electron chi connectivity index (χ4n) is 2.22. The van der Waals surface area contributed by atoms with E-state index >= 15 is 0 Å². The second-order valence-corrected chi connectivity index (χ2v) is 6.87. The van der Waals surface area contributed by atoms with Crippen LogP contribution in [0.1, 0.15) is 19.8 Å². The van der Waals surface area contributed by atoms with Gasteiger partial charge in [-0.25, -0.2) is 8.42 Å². The molecule has 1 fully saturated rings. The van der Waals surface area contributed by atoms with Crippen LogP contribution in [0.15, 0.2) is 29.2 Å². The summed E-state index contributed by atoms with van der Waals surface area (Å²) in [4.78, 5) is 11.8. The smallest absolute Gasteiger partial charge is 0.245 e. The first kappa shape index (κ1) is 15.8. The molecule has 1 saturated heterocycles. The molecule has 0 aliphatic carbocycles. The SMILES string of the molecule is CCCNc1ccccc1S(=O)(=O)N1CCCNC(=O)C1. The van der Waals surface area contributed by atoms with Gasteiger partial charge >= 0.3 is 0 Å². The van der Waals surface area contributed by atoms with E-state index in [9.17, 15) is 13.2 Å². The highest BCUT2D eigenvalue weighted by Crippen LogP contribution is 2.25. The third kappa shape index (κ3) is 3.74. The van der Waals surface area contributed by atoms with Crippen molar-refractivity contribution in [2.75, 3.05) is 31.5 Å². The Hall–Kier alpha value is -1.60. The maximum absolute atomic E-state index is 12.8. The minimum absolute atomic E-state index is 0.121. The summed E-state index contributed by atoms with van der Waals surface area (Å²) in [5.74, 6) is -0.255. The number of hydrogen-bond acceptors (Lipinski definition) is 4. The van der Waals surface area contributed by atoms with Crippen LogP contribution in [-0.4, -0.2) is 44.8 Å². The average molecular weight is 311 g/mol. The van der Waals surface area contributed by atoms with Crippen molar-refractivity contribution in [2.45, 2.75) is 24.7 Å². The lowest BCUT2D eigenvalue weighted by atomic mass is 10.3. The molecule has 1 heterocycles. The van der Waals surface area contributed by atoms with E-state index in [1.54, 1.807) is 24.3 Å². The highest BCUT2D eigenvalue weighted by atomic mass is 32.2. The molecule has 6 nitrogen and oxygen atoms in total. The Bertz CT molecular complexity index is 601. The minimum atomic E-state index is -3.67. The monoisotopic (exact) mass is 311 g/mol. The zero-order valence-corrected chi connectivity index (χ0v) is 12.9. The van der Waals surface area contributed by atoms with E-state index in [2.05, 4.69) is 10.6 Å². The van der Waals surface area contributed by atoms with E-state index in [1.165, 1.54) is 4.31 Å². The Kier molecular flexibility index (Phi) is 5.19. The number of rotatable bonds is 5. The summed E-state index contributed by atoms with van der Waals surface area (Å²) in [6.07, 6.45) is 1.52. The van der Waals surface area contributed by atoms with Crippen molar-refractivity contribution in [3.05, 3.63) is 24.3 Å². The quantitative estimate of drug-likeness (QED) is 0.851. The summed E-state index contributed by atoms with van der Waals surface area (Å²) in [5.41, 5.74) is 0.587. The van der Waals surface area contributed by atoms with Crippen LogP contribution in [0.4, 0.5) is 5.69 Å². The van der Waals surface area contributed by atoms with E-state index in [0.717, 1.165) is 6.42 Å². The number of nitrogens with one attached hydrogen (secondary N) is 2. The van der Waals surface area contributed by atoms with Crippen molar-refractivity contribution in [2.24, 2.45) is 0 Å². The van der Waals surface area contributed by atoms with Gasteiger partial charge in [-0.15, -0.1) is 0 Å². The summed E-state index contributed by atoms with van der Waals surface area (Å²) < 4.78 is 26.8. The van der Waals surface area contributed by atoms with Gasteiger partial charge in [0.2, 0.25) is 15.9 Å². The predicted octanol–water partition coefficient (Wildman–Crippen LogP) is 1.02. The van der Waals surface area contributed by atoms with Gasteiger partial charge in [-0.1, -0.05) is 19.1 Å². The van der Waals surface area contributed by atoms with Crippen LogP contribution in [0, 0.1) is 0 Å². The molecule has 21 heavy (non-hydrogen) atoms. The van der Waals surface area contributed by atoms with Crippen molar-refractivity contribution in [1.82, 2.24) is 9.62 Å². The lowest BCUT2D eigenvalue weighted by Gasteiger charge is -2.21. The number of nitrogens with zero attached hydrogens (tertiary/aromatic N) is 1. The molecule has 1 aliphatic heterocycles. The molecule has 1 aromatic rings. The molecule has 0 unspecified atom stereocenters. The van der Waals surface area contributed by atoms with Crippen LogP contribution in [0.2, 0.25) is 0 Å². The average Bonchev–Trinajstić information content (AvgIpc) is 2.70. The summed E-state index contributed by atoms with van der Waals surface area (Å²) in [6.45, 7) is 3.46. The van der Waals surface area contributed by atoms with Crippen LogP contribution < -0.4 is 10.6 Å². The third-order valence-electron chi connectivity index (χ3n) is 3.30. The Labute approximate surface area is 125 Å². The zero-order chi connectivity index (χ0) is 15.3. The molecule has 1 amide bonds. The van der Waals surface area contributed by atoms with Gasteiger partial charge in [0, 0.05) is 19.6 Å². The third-order valence-corrected chi connectivity index (χ3v) is 5.20. The fraction of sp³-hybridized carbons (Fsp3) is 0.500. The Morgan fingerprint density at radius 1 is 1.33 bits per heavy atom. The van der Waals surface area contributed by atoms with Gasteiger partial charge in [0.25, 0.3) is 0 Å². The lowest BCUT2D eigenvalue weighted by molar-refractivity contribution is -0.120. The van der Waals surface area contributed by atoms with Gasteiger partial charge in [0.1, 0.15) is 4.90 Å². The molecule has 0 atom stereocenters. The number of anilines is 1. The highest BCUT2D eigenvalue weighted by Gasteiger charge is 2.29. The van der Waals surface area contributed by atoms with Crippen molar-refractivity contribution in [1.29, 1.82) is 0 Å². The molecular weight excluding hydrogens is 290 g/mol. The molecule has 0 saturated carbocycles. The van der Waals surface area contributed by atoms with E-state index < -0.39 is 10.0 Å². The fourth-order valence-corrected chi connectivity index (χ4v) is 3.82. The van der Waals surface area contributed by atoms with Gasteiger partial charge in [-0.2, -0.15) is 4.31 Å². The van der Waals surface area contributed by atoms with Crippen molar-refractivity contribution in [3.63, 3.8) is 0 Å². The van der Waals surface area contributed by atoms with Gasteiger partial charge in [-0.3, -0.25) is 4.79 Å².